The second-order valence-electron chi connectivity index (χ2n) is 7.55. The number of methoxy groups -OCH3 is 1. The van der Waals surface area contributed by atoms with E-state index in [1.807, 2.05) is 31.2 Å². The van der Waals surface area contributed by atoms with Crippen LogP contribution in [0.5, 0.6) is 0 Å². The van der Waals surface area contributed by atoms with Crippen LogP contribution in [0.4, 0.5) is 5.69 Å². The summed E-state index contributed by atoms with van der Waals surface area (Å²) in [6, 6.07) is 13.2. The maximum absolute atomic E-state index is 12.5. The summed E-state index contributed by atoms with van der Waals surface area (Å²) in [7, 11) is 1.35. The summed E-state index contributed by atoms with van der Waals surface area (Å²) in [4.78, 5) is 27.0. The van der Waals surface area contributed by atoms with Crippen molar-refractivity contribution in [2.45, 2.75) is 13.5 Å². The molecule has 0 unspecified atom stereocenters. The zero-order valence-corrected chi connectivity index (χ0v) is 17.6. The quantitative estimate of drug-likeness (QED) is 0.595. The van der Waals surface area contributed by atoms with E-state index in [2.05, 4.69) is 11.4 Å². The fourth-order valence-corrected chi connectivity index (χ4v) is 3.88. The Morgan fingerprint density at radius 1 is 1.07 bits per heavy atom. The Bertz CT molecular complexity index is 879. The van der Waals surface area contributed by atoms with Crippen LogP contribution in [0.15, 0.2) is 42.5 Å². The number of benzene rings is 2. The van der Waals surface area contributed by atoms with Crippen LogP contribution < -0.4 is 15.1 Å². The van der Waals surface area contributed by atoms with E-state index in [9.17, 15) is 9.59 Å². The Morgan fingerprint density at radius 3 is 2.48 bits per heavy atom. The fraction of sp³-hybridized carbons (Fsp3) is 0.364. The molecule has 6 nitrogen and oxygen atoms in total. The van der Waals surface area contributed by atoms with Crippen LogP contribution in [0.3, 0.4) is 0 Å². The van der Waals surface area contributed by atoms with E-state index < -0.39 is 5.97 Å². The van der Waals surface area contributed by atoms with Gasteiger partial charge < -0.3 is 19.9 Å². The molecule has 3 rings (SSSR count). The highest BCUT2D eigenvalue weighted by atomic mass is 35.5. The third-order valence-electron chi connectivity index (χ3n) is 5.35. The zero-order chi connectivity index (χ0) is 20.8. The van der Waals surface area contributed by atoms with Crippen molar-refractivity contribution >= 4 is 29.2 Å². The van der Waals surface area contributed by atoms with Crippen molar-refractivity contribution in [1.29, 1.82) is 0 Å². The number of esters is 1. The van der Waals surface area contributed by atoms with Crippen LogP contribution in [0.1, 0.15) is 21.5 Å². The van der Waals surface area contributed by atoms with Crippen LogP contribution in [0.2, 0.25) is 5.02 Å². The summed E-state index contributed by atoms with van der Waals surface area (Å²) in [5.41, 5.74) is 3.24. The molecule has 1 amide bonds. The Labute approximate surface area is 176 Å². The lowest BCUT2D eigenvalue weighted by molar-refractivity contribution is -1.02. The maximum Gasteiger partial charge on any atom is 0.337 e. The lowest BCUT2D eigenvalue weighted by atomic mass is 10.1. The highest BCUT2D eigenvalue weighted by molar-refractivity contribution is 6.30. The molecule has 0 saturated carbocycles. The SMILES string of the molecule is COC(=O)c1ccc(C)c(NC(=O)C[NH+]2CC[NH+](Cc3cccc(Cl)c3)CC2)c1. The van der Waals surface area contributed by atoms with Crippen molar-refractivity contribution < 1.29 is 24.1 Å². The molecule has 1 saturated heterocycles. The molecule has 29 heavy (non-hydrogen) atoms. The van der Waals surface area contributed by atoms with Crippen LogP contribution >= 0.6 is 11.6 Å². The molecule has 2 aromatic carbocycles. The van der Waals surface area contributed by atoms with Crippen molar-refractivity contribution in [3.8, 4) is 0 Å². The van der Waals surface area contributed by atoms with Gasteiger partial charge in [-0.2, -0.15) is 0 Å². The van der Waals surface area contributed by atoms with E-state index in [0.717, 1.165) is 43.3 Å². The number of nitrogens with one attached hydrogen (secondary N) is 3. The number of quaternary nitrogens is 2. The number of halogens is 1. The van der Waals surface area contributed by atoms with Gasteiger partial charge in [0.2, 0.25) is 0 Å². The molecule has 1 fully saturated rings. The van der Waals surface area contributed by atoms with Crippen LogP contribution in [0, 0.1) is 6.92 Å². The highest BCUT2D eigenvalue weighted by Gasteiger charge is 2.25. The van der Waals surface area contributed by atoms with Gasteiger partial charge in [0.15, 0.2) is 6.54 Å². The summed E-state index contributed by atoms with van der Waals surface area (Å²) in [6.45, 7) is 7.22. The normalized spacial score (nSPS) is 18.9. The van der Waals surface area contributed by atoms with Gasteiger partial charge in [0.25, 0.3) is 5.91 Å². The maximum atomic E-state index is 12.5. The molecular weight excluding hydrogens is 390 g/mol. The summed E-state index contributed by atoms with van der Waals surface area (Å²) >= 11 is 6.07. The summed E-state index contributed by atoms with van der Waals surface area (Å²) < 4.78 is 4.75. The van der Waals surface area contributed by atoms with Crippen molar-refractivity contribution in [2.75, 3.05) is 45.2 Å². The number of piperazine rings is 1. The smallest absolute Gasteiger partial charge is 0.337 e. The lowest BCUT2D eigenvalue weighted by Gasteiger charge is -2.29. The molecule has 2 aromatic rings. The monoisotopic (exact) mass is 417 g/mol. The van der Waals surface area contributed by atoms with E-state index in [0.29, 0.717) is 17.8 Å². The molecule has 0 atom stereocenters. The van der Waals surface area contributed by atoms with Gasteiger partial charge in [0.1, 0.15) is 32.7 Å². The highest BCUT2D eigenvalue weighted by Crippen LogP contribution is 2.17. The number of carbonyl (C=O) groups excluding carboxylic acids is 2. The molecule has 0 radical (unpaired) electrons. The Morgan fingerprint density at radius 2 is 1.79 bits per heavy atom. The molecule has 0 aliphatic carbocycles. The first-order chi connectivity index (χ1) is 13.9. The molecule has 7 heteroatoms. The van der Waals surface area contributed by atoms with E-state index in [4.69, 9.17) is 16.3 Å². The number of amides is 1. The Balaban J connectivity index is 1.49. The third kappa shape index (κ3) is 6.03. The topological polar surface area (TPSA) is 64.3 Å². The van der Waals surface area contributed by atoms with E-state index in [-0.39, 0.29) is 5.91 Å². The lowest BCUT2D eigenvalue weighted by Crippen LogP contribution is -3.28. The largest absolute Gasteiger partial charge is 0.465 e. The molecule has 1 heterocycles. The number of ether oxygens (including phenoxy) is 1. The predicted molar refractivity (Wildman–Crippen MR) is 113 cm³/mol. The first kappa shape index (κ1) is 21.3. The number of carbonyl (C=O) groups is 2. The standard InChI is InChI=1S/C22H26ClN3O3/c1-16-6-7-18(22(28)29-2)13-20(16)24-21(27)15-26-10-8-25(9-11-26)14-17-4-3-5-19(23)12-17/h3-7,12-13H,8-11,14-15H2,1-2H3,(H,24,27)/p+2. The summed E-state index contributed by atoms with van der Waals surface area (Å²) in [6.07, 6.45) is 0. The van der Waals surface area contributed by atoms with Gasteiger partial charge in [0.05, 0.1) is 12.7 Å². The van der Waals surface area contributed by atoms with Crippen LogP contribution in [0.25, 0.3) is 0 Å². The van der Waals surface area contributed by atoms with Crippen molar-refractivity contribution in [3.63, 3.8) is 0 Å². The first-order valence-electron chi connectivity index (χ1n) is 9.85. The van der Waals surface area contributed by atoms with Gasteiger partial charge in [-0.05, 0) is 36.8 Å². The van der Waals surface area contributed by atoms with Crippen LogP contribution in [-0.2, 0) is 16.1 Å². The van der Waals surface area contributed by atoms with Gasteiger partial charge >= 0.3 is 5.97 Å². The molecule has 1 aliphatic heterocycles. The average molecular weight is 418 g/mol. The van der Waals surface area contributed by atoms with Gasteiger partial charge in [-0.15, -0.1) is 0 Å². The van der Waals surface area contributed by atoms with Crippen molar-refractivity contribution in [2.24, 2.45) is 0 Å². The van der Waals surface area contributed by atoms with E-state index in [1.54, 1.807) is 12.1 Å². The molecule has 0 bridgehead atoms. The average Bonchev–Trinajstić information content (AvgIpc) is 2.70. The summed E-state index contributed by atoms with van der Waals surface area (Å²) in [5, 5.41) is 3.72. The minimum Gasteiger partial charge on any atom is -0.465 e. The number of rotatable bonds is 6. The fourth-order valence-electron chi connectivity index (χ4n) is 3.67. The number of hydrogen-bond acceptors (Lipinski definition) is 3. The predicted octanol–water partition coefficient (Wildman–Crippen LogP) is 0.357. The van der Waals surface area contributed by atoms with Gasteiger partial charge in [0, 0.05) is 16.3 Å². The molecule has 0 spiro atoms. The minimum atomic E-state index is -0.412. The van der Waals surface area contributed by atoms with Gasteiger partial charge in [-0.1, -0.05) is 29.8 Å². The molecule has 3 N–H and O–H groups in total. The zero-order valence-electron chi connectivity index (χ0n) is 16.9. The van der Waals surface area contributed by atoms with Gasteiger partial charge in [-0.3, -0.25) is 4.79 Å². The van der Waals surface area contributed by atoms with Crippen LogP contribution in [-0.4, -0.2) is 51.7 Å². The van der Waals surface area contributed by atoms with E-state index >= 15 is 0 Å². The first-order valence-corrected chi connectivity index (χ1v) is 10.2. The van der Waals surface area contributed by atoms with E-state index in [1.165, 1.54) is 22.5 Å². The second kappa shape index (κ2) is 9.87. The van der Waals surface area contributed by atoms with Crippen molar-refractivity contribution in [3.05, 3.63) is 64.2 Å². The van der Waals surface area contributed by atoms with Gasteiger partial charge in [-0.25, -0.2) is 4.79 Å². The molecule has 154 valence electrons. The Hall–Kier alpha value is -2.41. The number of hydrogen-bond donors (Lipinski definition) is 3. The Kier molecular flexibility index (Phi) is 7.25. The summed E-state index contributed by atoms with van der Waals surface area (Å²) in [5.74, 6) is -0.451. The molecule has 0 aromatic heterocycles. The third-order valence-corrected chi connectivity index (χ3v) is 5.59. The molecular formula is C22H28ClN3O3+2. The van der Waals surface area contributed by atoms with Crippen molar-refractivity contribution in [1.82, 2.24) is 0 Å². The number of aryl methyl sites for hydroxylation is 1. The molecule has 1 aliphatic rings. The number of anilines is 1. The minimum absolute atomic E-state index is 0.0385. The second-order valence-corrected chi connectivity index (χ2v) is 7.99.